The van der Waals surface area contributed by atoms with Crippen LogP contribution in [0.1, 0.15) is 30.0 Å². The van der Waals surface area contributed by atoms with Crippen molar-refractivity contribution >= 4 is 11.7 Å². The van der Waals surface area contributed by atoms with E-state index in [1.54, 1.807) is 0 Å². The number of aryl methyl sites for hydroxylation is 1. The van der Waals surface area contributed by atoms with E-state index in [0.29, 0.717) is 6.54 Å². The van der Waals surface area contributed by atoms with Gasteiger partial charge in [-0.2, -0.15) is 0 Å². The van der Waals surface area contributed by atoms with E-state index in [-0.39, 0.29) is 11.9 Å². The Balaban J connectivity index is 1.29. The number of nitrogens with one attached hydrogen (secondary N) is 1. The summed E-state index contributed by atoms with van der Waals surface area (Å²) in [6, 6.07) is 14.7. The SMILES string of the molecule is O=C(CN1CCN(c2ccccn2)CC1)N[C@H]1CCCc2ccccc21. The third-order valence-electron chi connectivity index (χ3n) is 5.42. The Hall–Kier alpha value is -2.40. The summed E-state index contributed by atoms with van der Waals surface area (Å²) < 4.78 is 0. The van der Waals surface area contributed by atoms with Gasteiger partial charge in [0.15, 0.2) is 0 Å². The molecular formula is C21H26N4O. The number of benzene rings is 1. The molecule has 2 aromatic rings. The zero-order chi connectivity index (χ0) is 17.8. The highest BCUT2D eigenvalue weighted by molar-refractivity contribution is 5.78. The largest absolute Gasteiger partial charge is 0.354 e. The zero-order valence-electron chi connectivity index (χ0n) is 15.1. The van der Waals surface area contributed by atoms with Crippen molar-refractivity contribution in [3.8, 4) is 0 Å². The summed E-state index contributed by atoms with van der Waals surface area (Å²) in [7, 11) is 0. The molecule has 0 spiro atoms. The van der Waals surface area contributed by atoms with Crippen LogP contribution in [0.25, 0.3) is 0 Å². The third kappa shape index (κ3) is 3.88. The van der Waals surface area contributed by atoms with Crippen LogP contribution in [0.4, 0.5) is 5.82 Å². The topological polar surface area (TPSA) is 48.5 Å². The predicted octanol–water partition coefficient (Wildman–Crippen LogP) is 2.40. The Morgan fingerprint density at radius 3 is 2.69 bits per heavy atom. The van der Waals surface area contributed by atoms with Gasteiger partial charge in [-0.15, -0.1) is 0 Å². The number of piperazine rings is 1. The summed E-state index contributed by atoms with van der Waals surface area (Å²) in [4.78, 5) is 21.5. The van der Waals surface area contributed by atoms with E-state index in [0.717, 1.165) is 51.3 Å². The molecule has 1 saturated heterocycles. The first-order valence-corrected chi connectivity index (χ1v) is 9.55. The van der Waals surface area contributed by atoms with Crippen molar-refractivity contribution in [3.05, 3.63) is 59.8 Å². The fourth-order valence-electron chi connectivity index (χ4n) is 4.02. The summed E-state index contributed by atoms with van der Waals surface area (Å²) in [5.41, 5.74) is 2.68. The monoisotopic (exact) mass is 350 g/mol. The Bertz CT molecular complexity index is 741. The van der Waals surface area contributed by atoms with E-state index in [9.17, 15) is 4.79 Å². The summed E-state index contributed by atoms with van der Waals surface area (Å²) in [6.07, 6.45) is 5.14. The number of nitrogens with zero attached hydrogens (tertiary/aromatic N) is 3. The molecule has 2 heterocycles. The second kappa shape index (κ2) is 7.87. The number of aromatic nitrogens is 1. The van der Waals surface area contributed by atoms with E-state index in [2.05, 4.69) is 44.4 Å². The number of amides is 1. The Labute approximate surface area is 155 Å². The Morgan fingerprint density at radius 2 is 1.88 bits per heavy atom. The average molecular weight is 350 g/mol. The lowest BCUT2D eigenvalue weighted by Gasteiger charge is -2.35. The van der Waals surface area contributed by atoms with Crippen LogP contribution in [-0.4, -0.2) is 48.5 Å². The molecule has 1 aromatic carbocycles. The van der Waals surface area contributed by atoms with Gasteiger partial charge in [0.1, 0.15) is 5.82 Å². The normalized spacial score (nSPS) is 20.5. The van der Waals surface area contributed by atoms with Gasteiger partial charge in [0.05, 0.1) is 12.6 Å². The number of fused-ring (bicyclic) bond motifs is 1. The average Bonchev–Trinajstić information content (AvgIpc) is 2.69. The first kappa shape index (κ1) is 17.0. The second-order valence-electron chi connectivity index (χ2n) is 7.16. The highest BCUT2D eigenvalue weighted by atomic mass is 16.2. The molecule has 1 N–H and O–H groups in total. The van der Waals surface area contributed by atoms with Crippen LogP contribution in [0.5, 0.6) is 0 Å². The van der Waals surface area contributed by atoms with Crippen LogP contribution in [0.2, 0.25) is 0 Å². The van der Waals surface area contributed by atoms with Crippen LogP contribution < -0.4 is 10.2 Å². The molecule has 5 heteroatoms. The van der Waals surface area contributed by atoms with Gasteiger partial charge in [0.2, 0.25) is 5.91 Å². The molecule has 0 bridgehead atoms. The van der Waals surface area contributed by atoms with Gasteiger partial charge in [0, 0.05) is 32.4 Å². The van der Waals surface area contributed by atoms with Gasteiger partial charge in [-0.3, -0.25) is 9.69 Å². The van der Waals surface area contributed by atoms with Gasteiger partial charge < -0.3 is 10.2 Å². The van der Waals surface area contributed by atoms with Crippen molar-refractivity contribution in [1.82, 2.24) is 15.2 Å². The molecule has 1 aromatic heterocycles. The van der Waals surface area contributed by atoms with Gasteiger partial charge in [-0.1, -0.05) is 30.3 Å². The number of anilines is 1. The molecule has 1 fully saturated rings. The van der Waals surface area contributed by atoms with Crippen LogP contribution in [0.3, 0.4) is 0 Å². The molecule has 1 aliphatic heterocycles. The summed E-state index contributed by atoms with van der Waals surface area (Å²) >= 11 is 0. The first-order chi connectivity index (χ1) is 12.8. The molecule has 4 rings (SSSR count). The van der Waals surface area contributed by atoms with Crippen LogP contribution in [0.15, 0.2) is 48.7 Å². The number of carbonyl (C=O) groups excluding carboxylic acids is 1. The van der Waals surface area contributed by atoms with Gasteiger partial charge >= 0.3 is 0 Å². The highest BCUT2D eigenvalue weighted by Gasteiger charge is 2.24. The van der Waals surface area contributed by atoms with Crippen molar-refractivity contribution in [1.29, 1.82) is 0 Å². The Morgan fingerprint density at radius 1 is 1.08 bits per heavy atom. The summed E-state index contributed by atoms with van der Waals surface area (Å²) in [5.74, 6) is 1.16. The zero-order valence-corrected chi connectivity index (χ0v) is 15.1. The van der Waals surface area contributed by atoms with Gasteiger partial charge in [0.25, 0.3) is 0 Å². The van der Waals surface area contributed by atoms with Crippen molar-refractivity contribution < 1.29 is 4.79 Å². The fourth-order valence-corrected chi connectivity index (χ4v) is 4.02. The molecule has 1 amide bonds. The molecule has 26 heavy (non-hydrogen) atoms. The highest BCUT2D eigenvalue weighted by Crippen LogP contribution is 2.29. The van der Waals surface area contributed by atoms with E-state index in [1.165, 1.54) is 11.1 Å². The maximum absolute atomic E-state index is 12.6. The molecule has 1 atom stereocenters. The van der Waals surface area contributed by atoms with E-state index < -0.39 is 0 Å². The minimum Gasteiger partial charge on any atom is -0.354 e. The number of carbonyl (C=O) groups is 1. The fraction of sp³-hybridized carbons (Fsp3) is 0.429. The van der Waals surface area contributed by atoms with Crippen molar-refractivity contribution in [2.75, 3.05) is 37.6 Å². The van der Waals surface area contributed by atoms with Crippen molar-refractivity contribution in [3.63, 3.8) is 0 Å². The molecule has 5 nitrogen and oxygen atoms in total. The molecular weight excluding hydrogens is 324 g/mol. The Kier molecular flexibility index (Phi) is 5.16. The van der Waals surface area contributed by atoms with Crippen molar-refractivity contribution in [2.24, 2.45) is 0 Å². The van der Waals surface area contributed by atoms with E-state index in [4.69, 9.17) is 0 Å². The number of rotatable bonds is 4. The van der Waals surface area contributed by atoms with Crippen molar-refractivity contribution in [2.45, 2.75) is 25.3 Å². The third-order valence-corrected chi connectivity index (χ3v) is 5.42. The number of hydrogen-bond acceptors (Lipinski definition) is 4. The lowest BCUT2D eigenvalue weighted by atomic mass is 9.88. The maximum atomic E-state index is 12.6. The number of hydrogen-bond donors (Lipinski definition) is 1. The van der Waals surface area contributed by atoms with Crippen LogP contribution in [-0.2, 0) is 11.2 Å². The van der Waals surface area contributed by atoms with Crippen LogP contribution >= 0.6 is 0 Å². The minimum atomic E-state index is 0.137. The minimum absolute atomic E-state index is 0.137. The molecule has 1 aliphatic carbocycles. The molecule has 0 saturated carbocycles. The second-order valence-corrected chi connectivity index (χ2v) is 7.16. The molecule has 0 radical (unpaired) electrons. The molecule has 0 unspecified atom stereocenters. The maximum Gasteiger partial charge on any atom is 0.234 e. The smallest absolute Gasteiger partial charge is 0.234 e. The molecule has 2 aliphatic rings. The lowest BCUT2D eigenvalue weighted by Crippen LogP contribution is -2.50. The quantitative estimate of drug-likeness (QED) is 0.920. The lowest BCUT2D eigenvalue weighted by molar-refractivity contribution is -0.123. The number of pyridine rings is 1. The van der Waals surface area contributed by atoms with E-state index >= 15 is 0 Å². The van der Waals surface area contributed by atoms with Gasteiger partial charge in [-0.05, 0) is 42.5 Å². The standard InChI is InChI=1S/C21H26N4O/c26-21(23-19-9-5-7-17-6-1-2-8-18(17)19)16-24-12-14-25(15-13-24)20-10-3-4-11-22-20/h1-4,6,8,10-11,19H,5,7,9,12-16H2,(H,23,26)/t19-/m0/s1. The first-order valence-electron chi connectivity index (χ1n) is 9.55. The van der Waals surface area contributed by atoms with Crippen LogP contribution in [0, 0.1) is 0 Å². The summed E-state index contributed by atoms with van der Waals surface area (Å²) in [6.45, 7) is 4.10. The van der Waals surface area contributed by atoms with E-state index in [1.807, 2.05) is 24.4 Å². The molecule has 136 valence electrons. The van der Waals surface area contributed by atoms with Gasteiger partial charge in [-0.25, -0.2) is 4.98 Å². The predicted molar refractivity (Wildman–Crippen MR) is 103 cm³/mol. The summed E-state index contributed by atoms with van der Waals surface area (Å²) in [5, 5.41) is 3.26.